The zero-order valence-electron chi connectivity index (χ0n) is 18.0. The molecular formula is C25H23F2NO5. The highest BCUT2D eigenvalue weighted by atomic mass is 19.1. The lowest BCUT2D eigenvalue weighted by atomic mass is 9.77. The molecule has 1 amide bonds. The van der Waals surface area contributed by atoms with E-state index in [9.17, 15) is 23.5 Å². The van der Waals surface area contributed by atoms with Crippen LogP contribution in [0.5, 0.6) is 11.5 Å². The van der Waals surface area contributed by atoms with Crippen LogP contribution in [0.2, 0.25) is 0 Å². The van der Waals surface area contributed by atoms with Crippen LogP contribution in [-0.2, 0) is 20.9 Å². The van der Waals surface area contributed by atoms with Gasteiger partial charge in [-0.25, -0.2) is 8.78 Å². The van der Waals surface area contributed by atoms with E-state index in [1.165, 1.54) is 30.2 Å². The van der Waals surface area contributed by atoms with E-state index in [1.807, 2.05) is 0 Å². The average Bonchev–Trinajstić information content (AvgIpc) is 3.08. The van der Waals surface area contributed by atoms with Gasteiger partial charge in [0.1, 0.15) is 18.1 Å². The van der Waals surface area contributed by atoms with Crippen LogP contribution in [0.1, 0.15) is 36.4 Å². The van der Waals surface area contributed by atoms with Crippen LogP contribution in [0.25, 0.3) is 0 Å². The second-order valence-electron chi connectivity index (χ2n) is 8.67. The Bertz CT molecular complexity index is 1150. The maximum atomic E-state index is 14.1. The second kappa shape index (κ2) is 8.17. The Kier molecular flexibility index (Phi) is 5.31. The van der Waals surface area contributed by atoms with Crippen molar-refractivity contribution in [1.82, 2.24) is 4.90 Å². The van der Waals surface area contributed by atoms with Gasteiger partial charge in [0.25, 0.3) is 5.91 Å². The van der Waals surface area contributed by atoms with Gasteiger partial charge in [-0.3, -0.25) is 9.59 Å². The van der Waals surface area contributed by atoms with Gasteiger partial charge in [0.2, 0.25) is 0 Å². The van der Waals surface area contributed by atoms with E-state index in [0.29, 0.717) is 24.0 Å². The van der Waals surface area contributed by atoms with Crippen molar-refractivity contribution in [1.29, 1.82) is 0 Å². The molecule has 2 aromatic rings. The van der Waals surface area contributed by atoms with E-state index in [1.54, 1.807) is 24.3 Å². The Morgan fingerprint density at radius 3 is 2.64 bits per heavy atom. The second-order valence-corrected chi connectivity index (χ2v) is 8.67. The number of ether oxygens (including phenoxy) is 2. The number of aromatic hydroxyl groups is 1. The molecule has 2 aliphatic heterocycles. The highest BCUT2D eigenvalue weighted by Crippen LogP contribution is 2.48. The predicted octanol–water partition coefficient (Wildman–Crippen LogP) is 3.98. The number of rotatable bonds is 4. The van der Waals surface area contributed by atoms with Crippen LogP contribution < -0.4 is 4.74 Å². The number of benzene rings is 2. The van der Waals surface area contributed by atoms with Crippen LogP contribution in [-0.4, -0.2) is 41.1 Å². The minimum Gasteiger partial charge on any atom is -0.504 e. The number of nitrogens with zero attached hydrogens (tertiary/aromatic N) is 1. The minimum absolute atomic E-state index is 0.00212. The van der Waals surface area contributed by atoms with Gasteiger partial charge in [0, 0.05) is 6.54 Å². The number of methoxy groups -OCH3 is 1. The summed E-state index contributed by atoms with van der Waals surface area (Å²) in [6.45, 7) is 0.109. The first-order valence-corrected chi connectivity index (χ1v) is 10.9. The smallest absolute Gasteiger partial charge is 0.290 e. The van der Waals surface area contributed by atoms with Gasteiger partial charge in [-0.15, -0.1) is 0 Å². The molecule has 3 aliphatic rings. The van der Waals surface area contributed by atoms with Crippen LogP contribution in [0.4, 0.5) is 8.78 Å². The molecule has 0 spiro atoms. The van der Waals surface area contributed by atoms with E-state index in [4.69, 9.17) is 9.47 Å². The molecule has 0 radical (unpaired) electrons. The SMILES string of the molecule is COc1cc(C2C3=C(OC4CCC(F)CC4C3=O)C(=O)N2Cc2ccc(F)cc2)ccc1O. The van der Waals surface area contributed by atoms with Gasteiger partial charge in [0.15, 0.2) is 23.0 Å². The Hall–Kier alpha value is -3.42. The molecule has 4 atom stereocenters. The Morgan fingerprint density at radius 2 is 1.91 bits per heavy atom. The van der Waals surface area contributed by atoms with Crippen molar-refractivity contribution in [3.8, 4) is 11.5 Å². The molecule has 1 N–H and O–H groups in total. The lowest BCUT2D eigenvalue weighted by molar-refractivity contribution is -0.136. The Balaban J connectivity index is 1.59. The third-order valence-electron chi connectivity index (χ3n) is 6.66. The number of alkyl halides is 1. The number of amides is 1. The van der Waals surface area contributed by atoms with Gasteiger partial charge in [-0.1, -0.05) is 18.2 Å². The number of phenols is 1. The number of halogens is 2. The first-order chi connectivity index (χ1) is 15.9. The summed E-state index contributed by atoms with van der Waals surface area (Å²) >= 11 is 0. The zero-order valence-corrected chi connectivity index (χ0v) is 18.0. The van der Waals surface area contributed by atoms with Crippen molar-refractivity contribution in [3.63, 3.8) is 0 Å². The van der Waals surface area contributed by atoms with Gasteiger partial charge in [-0.05, 0) is 54.7 Å². The van der Waals surface area contributed by atoms with Crippen molar-refractivity contribution in [2.75, 3.05) is 7.11 Å². The molecule has 172 valence electrons. The van der Waals surface area contributed by atoms with E-state index < -0.39 is 36.0 Å². The summed E-state index contributed by atoms with van der Waals surface area (Å²) in [6, 6.07) is 9.57. The first-order valence-electron chi connectivity index (χ1n) is 10.9. The van der Waals surface area contributed by atoms with E-state index in [-0.39, 0.29) is 41.6 Å². The lowest BCUT2D eigenvalue weighted by Crippen LogP contribution is -2.42. The van der Waals surface area contributed by atoms with Gasteiger partial charge in [-0.2, -0.15) is 0 Å². The molecule has 1 saturated carbocycles. The van der Waals surface area contributed by atoms with Gasteiger partial charge < -0.3 is 19.5 Å². The van der Waals surface area contributed by atoms with Crippen molar-refractivity contribution in [2.24, 2.45) is 5.92 Å². The molecule has 8 heteroatoms. The molecule has 6 nitrogen and oxygen atoms in total. The zero-order chi connectivity index (χ0) is 23.3. The fourth-order valence-electron chi connectivity index (χ4n) is 5.02. The molecule has 2 heterocycles. The number of hydrogen-bond acceptors (Lipinski definition) is 5. The maximum Gasteiger partial charge on any atom is 0.290 e. The van der Waals surface area contributed by atoms with E-state index in [2.05, 4.69) is 0 Å². The summed E-state index contributed by atoms with van der Waals surface area (Å²) in [5, 5.41) is 10.0. The van der Waals surface area contributed by atoms with Crippen molar-refractivity contribution >= 4 is 11.7 Å². The van der Waals surface area contributed by atoms with E-state index >= 15 is 0 Å². The Labute approximate surface area is 189 Å². The number of ketones is 1. The number of carbonyl (C=O) groups excluding carboxylic acids is 2. The summed E-state index contributed by atoms with van der Waals surface area (Å²) in [5.41, 5.74) is 1.42. The number of carbonyl (C=O) groups is 2. The van der Waals surface area contributed by atoms with Gasteiger partial charge in [0.05, 0.1) is 24.6 Å². The van der Waals surface area contributed by atoms with Crippen LogP contribution in [0.15, 0.2) is 53.8 Å². The molecule has 0 aromatic heterocycles. The summed E-state index contributed by atoms with van der Waals surface area (Å²) < 4.78 is 38.8. The third-order valence-corrected chi connectivity index (χ3v) is 6.66. The van der Waals surface area contributed by atoms with Crippen LogP contribution in [0, 0.1) is 11.7 Å². The highest BCUT2D eigenvalue weighted by Gasteiger charge is 2.53. The molecule has 1 aliphatic carbocycles. The van der Waals surface area contributed by atoms with Gasteiger partial charge >= 0.3 is 0 Å². The number of fused-ring (bicyclic) bond motifs is 1. The highest BCUT2D eigenvalue weighted by molar-refractivity contribution is 6.11. The van der Waals surface area contributed by atoms with Crippen molar-refractivity contribution in [2.45, 2.75) is 44.1 Å². The fraction of sp³-hybridized carbons (Fsp3) is 0.360. The molecular weight excluding hydrogens is 432 g/mol. The van der Waals surface area contributed by atoms with E-state index in [0.717, 1.165) is 0 Å². The third kappa shape index (κ3) is 3.63. The average molecular weight is 455 g/mol. The molecule has 0 saturated heterocycles. The van der Waals surface area contributed by atoms with Crippen molar-refractivity contribution < 1.29 is 33.0 Å². The standard InChI is InChI=1S/C25H23F2NO5/c1-32-20-10-14(4-8-18(20)29)22-21-23(30)17-11-16(27)7-9-19(17)33-24(21)25(31)28(22)12-13-2-5-15(26)6-3-13/h2-6,8,10,16-17,19,22,29H,7,9,11-12H2,1H3. The minimum atomic E-state index is -1.08. The largest absolute Gasteiger partial charge is 0.504 e. The normalized spacial score (nSPS) is 26.7. The maximum absolute atomic E-state index is 14.1. The van der Waals surface area contributed by atoms with Crippen LogP contribution >= 0.6 is 0 Å². The summed E-state index contributed by atoms with van der Waals surface area (Å²) in [4.78, 5) is 28.5. The topological polar surface area (TPSA) is 76.1 Å². The predicted molar refractivity (Wildman–Crippen MR) is 113 cm³/mol. The lowest BCUT2D eigenvalue weighted by Gasteiger charge is -2.36. The molecule has 0 bridgehead atoms. The van der Waals surface area contributed by atoms with Crippen molar-refractivity contribution in [3.05, 3.63) is 70.7 Å². The molecule has 5 rings (SSSR count). The van der Waals surface area contributed by atoms with Crippen LogP contribution in [0.3, 0.4) is 0 Å². The Morgan fingerprint density at radius 1 is 1.15 bits per heavy atom. The monoisotopic (exact) mass is 455 g/mol. The summed E-state index contributed by atoms with van der Waals surface area (Å²) in [7, 11) is 1.41. The number of phenolic OH excluding ortho intramolecular Hbond substituents is 1. The number of Topliss-reactive ketones (excluding diaryl/α,β-unsaturated/α-hetero) is 1. The quantitative estimate of drug-likeness (QED) is 0.755. The fourth-order valence-corrected chi connectivity index (χ4v) is 5.02. The molecule has 1 fully saturated rings. The summed E-state index contributed by atoms with van der Waals surface area (Å²) in [6.07, 6.45) is -0.869. The molecule has 2 aromatic carbocycles. The molecule has 33 heavy (non-hydrogen) atoms. The first kappa shape index (κ1) is 21.4. The molecule has 4 unspecified atom stereocenters. The summed E-state index contributed by atoms with van der Waals surface area (Å²) in [5.74, 6) is -1.66. The number of hydrogen-bond donors (Lipinski definition) is 1.